The molecule has 9 nitrogen and oxygen atoms in total. The number of hydrogen-bond acceptors (Lipinski definition) is 8. The van der Waals surface area contributed by atoms with Crippen molar-refractivity contribution in [2.24, 2.45) is 11.8 Å². The van der Waals surface area contributed by atoms with Gasteiger partial charge in [-0.25, -0.2) is 0 Å². The quantitative estimate of drug-likeness (QED) is 0.153. The van der Waals surface area contributed by atoms with Crippen molar-refractivity contribution < 1.29 is 38.8 Å². The van der Waals surface area contributed by atoms with E-state index in [1.807, 2.05) is 33.8 Å². The van der Waals surface area contributed by atoms with Crippen molar-refractivity contribution in [3.05, 3.63) is 36.0 Å². The lowest BCUT2D eigenvalue weighted by Crippen LogP contribution is -2.50. The first-order valence-electron chi connectivity index (χ1n) is 13.6. The SMILES string of the molecule is C.CC.CC(=O)OC/C=C\C(=O)N[C@@H]1C[C@H](C)[C@H](C/C=C(C)/C=C/C2O[C@H](CC=O)CC(CO)[C@@H]2O)O[C@@H]1C. The molecule has 0 aliphatic carbocycles. The van der Waals surface area contributed by atoms with E-state index in [0.29, 0.717) is 12.8 Å². The largest absolute Gasteiger partial charge is 0.462 e. The Labute approximate surface area is 234 Å². The van der Waals surface area contributed by atoms with Gasteiger partial charge in [-0.05, 0) is 45.1 Å². The second-order valence-electron chi connectivity index (χ2n) is 9.75. The smallest absolute Gasteiger partial charge is 0.302 e. The highest BCUT2D eigenvalue weighted by Crippen LogP contribution is 2.29. The Morgan fingerprint density at radius 1 is 1.08 bits per heavy atom. The number of aldehydes is 1. The van der Waals surface area contributed by atoms with Gasteiger partial charge in [-0.1, -0.05) is 52.0 Å². The highest BCUT2D eigenvalue weighted by molar-refractivity contribution is 5.87. The number of aliphatic hydroxyl groups is 2. The zero-order chi connectivity index (χ0) is 28.7. The van der Waals surface area contributed by atoms with Gasteiger partial charge in [0.15, 0.2) is 0 Å². The zero-order valence-corrected chi connectivity index (χ0v) is 23.7. The molecule has 0 aromatic carbocycles. The van der Waals surface area contributed by atoms with Crippen LogP contribution in [0.5, 0.6) is 0 Å². The summed E-state index contributed by atoms with van der Waals surface area (Å²) in [6, 6.07) is -0.115. The molecule has 0 bridgehead atoms. The number of amides is 1. The molecule has 39 heavy (non-hydrogen) atoms. The number of carbonyl (C=O) groups excluding carboxylic acids is 3. The first-order chi connectivity index (χ1) is 18.1. The topological polar surface area (TPSA) is 131 Å². The maximum absolute atomic E-state index is 12.2. The molecule has 3 N–H and O–H groups in total. The monoisotopic (exact) mass is 553 g/mol. The van der Waals surface area contributed by atoms with E-state index in [4.69, 9.17) is 14.2 Å². The summed E-state index contributed by atoms with van der Waals surface area (Å²) < 4.78 is 16.8. The summed E-state index contributed by atoms with van der Waals surface area (Å²) in [4.78, 5) is 33.8. The minimum Gasteiger partial charge on any atom is -0.462 e. The Kier molecular flexibility index (Phi) is 18.5. The van der Waals surface area contributed by atoms with Crippen molar-refractivity contribution in [3.63, 3.8) is 0 Å². The van der Waals surface area contributed by atoms with Crippen LogP contribution in [0.1, 0.15) is 74.7 Å². The molecule has 2 heterocycles. The van der Waals surface area contributed by atoms with Gasteiger partial charge in [0, 0.05) is 31.9 Å². The van der Waals surface area contributed by atoms with Gasteiger partial charge in [0.1, 0.15) is 19.0 Å². The van der Waals surface area contributed by atoms with Crippen LogP contribution in [0.2, 0.25) is 0 Å². The standard InChI is InChI=1S/C27H41NO8.C2H6.CH4/c1-17(8-10-25-27(33)21(16-30)15-22(36-25)11-12-29)7-9-24-18(2)14-23(19(3)35-24)28-26(32)6-5-13-34-20(4)31;1-2;/h5-8,10,12,18-19,21-25,27,30,33H,9,11,13-16H2,1-4H3,(H,28,32);1-2H3;1H4/b6-5-,10-8+,17-7+;;/t18-,19+,21?,22+,23+,24-,25?,27-;;/m0../s1. The lowest BCUT2D eigenvalue weighted by atomic mass is 9.87. The van der Waals surface area contributed by atoms with Crippen molar-refractivity contribution in [2.45, 2.75) is 111 Å². The Morgan fingerprint density at radius 3 is 2.38 bits per heavy atom. The molecule has 0 radical (unpaired) electrons. The van der Waals surface area contributed by atoms with Crippen molar-refractivity contribution in [1.82, 2.24) is 5.32 Å². The van der Waals surface area contributed by atoms with E-state index in [1.54, 1.807) is 6.08 Å². The Hall–Kier alpha value is -2.33. The first-order valence-corrected chi connectivity index (χ1v) is 13.6. The average molecular weight is 554 g/mol. The van der Waals surface area contributed by atoms with Crippen LogP contribution < -0.4 is 5.32 Å². The number of carbonyl (C=O) groups is 3. The van der Waals surface area contributed by atoms with E-state index < -0.39 is 18.2 Å². The number of hydrogen-bond donors (Lipinski definition) is 3. The predicted octanol–water partition coefficient (Wildman–Crippen LogP) is 3.67. The molecule has 8 atom stereocenters. The number of nitrogens with one attached hydrogen (secondary N) is 1. The maximum Gasteiger partial charge on any atom is 0.302 e. The predicted molar refractivity (Wildman–Crippen MR) is 152 cm³/mol. The molecule has 0 aromatic rings. The molecule has 0 saturated carbocycles. The maximum atomic E-state index is 12.2. The molecule has 9 heteroatoms. The van der Waals surface area contributed by atoms with Crippen LogP contribution in [0.25, 0.3) is 0 Å². The molecule has 0 spiro atoms. The Bertz CT molecular complexity index is 824. The van der Waals surface area contributed by atoms with Crippen LogP contribution in [-0.2, 0) is 28.6 Å². The third-order valence-corrected chi connectivity index (χ3v) is 6.75. The number of rotatable bonds is 11. The number of allylic oxidation sites excluding steroid dienone is 2. The molecule has 224 valence electrons. The van der Waals surface area contributed by atoms with Gasteiger partial charge >= 0.3 is 5.97 Å². The summed E-state index contributed by atoms with van der Waals surface area (Å²) in [5.74, 6) is -0.742. The highest BCUT2D eigenvalue weighted by Gasteiger charge is 2.36. The van der Waals surface area contributed by atoms with Crippen LogP contribution in [-0.4, -0.2) is 78.2 Å². The second kappa shape index (κ2) is 19.7. The van der Waals surface area contributed by atoms with Crippen LogP contribution in [0.15, 0.2) is 36.0 Å². The van der Waals surface area contributed by atoms with E-state index in [0.717, 1.165) is 18.3 Å². The van der Waals surface area contributed by atoms with Gasteiger partial charge < -0.3 is 34.5 Å². The molecule has 2 saturated heterocycles. The van der Waals surface area contributed by atoms with Gasteiger partial charge in [-0.2, -0.15) is 0 Å². The summed E-state index contributed by atoms with van der Waals surface area (Å²) in [6.07, 6.45) is 9.71. The van der Waals surface area contributed by atoms with Crippen LogP contribution in [0, 0.1) is 11.8 Å². The van der Waals surface area contributed by atoms with E-state index in [-0.39, 0.29) is 69.2 Å². The zero-order valence-electron chi connectivity index (χ0n) is 23.7. The average Bonchev–Trinajstić information content (AvgIpc) is 2.89. The number of esters is 1. The molecular weight excluding hydrogens is 502 g/mol. The minimum absolute atomic E-state index is 0. The summed E-state index contributed by atoms with van der Waals surface area (Å²) in [7, 11) is 0. The Morgan fingerprint density at radius 2 is 1.77 bits per heavy atom. The Balaban J connectivity index is 0.00000470. The lowest BCUT2D eigenvalue weighted by Gasteiger charge is -2.39. The highest BCUT2D eigenvalue weighted by atomic mass is 16.5. The van der Waals surface area contributed by atoms with Gasteiger partial charge in [-0.15, -0.1) is 0 Å². The summed E-state index contributed by atoms with van der Waals surface area (Å²) in [5.41, 5.74) is 0.987. The van der Waals surface area contributed by atoms with E-state index in [9.17, 15) is 24.6 Å². The summed E-state index contributed by atoms with van der Waals surface area (Å²) >= 11 is 0. The molecule has 2 fully saturated rings. The normalized spacial score (nSPS) is 31.1. The van der Waals surface area contributed by atoms with E-state index in [1.165, 1.54) is 19.1 Å². The molecule has 2 aliphatic rings. The van der Waals surface area contributed by atoms with Crippen LogP contribution in [0.4, 0.5) is 0 Å². The van der Waals surface area contributed by atoms with Crippen molar-refractivity contribution in [3.8, 4) is 0 Å². The van der Waals surface area contributed by atoms with Crippen molar-refractivity contribution in [2.75, 3.05) is 13.2 Å². The number of ether oxygens (including phenoxy) is 3. The molecule has 0 aromatic heterocycles. The van der Waals surface area contributed by atoms with Gasteiger partial charge in [-0.3, -0.25) is 9.59 Å². The van der Waals surface area contributed by atoms with Gasteiger partial charge in [0.2, 0.25) is 5.91 Å². The summed E-state index contributed by atoms with van der Waals surface area (Å²) in [5, 5.41) is 23.0. The fraction of sp³-hybridized carbons (Fsp3) is 0.700. The second-order valence-corrected chi connectivity index (χ2v) is 9.75. The van der Waals surface area contributed by atoms with Crippen LogP contribution >= 0.6 is 0 Å². The molecule has 2 aliphatic heterocycles. The fourth-order valence-corrected chi connectivity index (χ4v) is 4.59. The minimum atomic E-state index is -0.826. The third kappa shape index (κ3) is 13.0. The fourth-order valence-electron chi connectivity index (χ4n) is 4.59. The lowest BCUT2D eigenvalue weighted by molar-refractivity contribution is -0.140. The molecule has 2 rings (SSSR count). The summed E-state index contributed by atoms with van der Waals surface area (Å²) in [6.45, 7) is 11.2. The first kappa shape index (κ1) is 36.7. The third-order valence-electron chi connectivity index (χ3n) is 6.75. The molecule has 1 amide bonds. The number of aliphatic hydroxyl groups excluding tert-OH is 2. The van der Waals surface area contributed by atoms with E-state index in [2.05, 4.69) is 18.3 Å². The molecular formula is C30H51NO8. The van der Waals surface area contributed by atoms with Gasteiger partial charge in [0.25, 0.3) is 0 Å². The van der Waals surface area contributed by atoms with Crippen LogP contribution in [0.3, 0.4) is 0 Å². The van der Waals surface area contributed by atoms with Gasteiger partial charge in [0.05, 0.1) is 30.5 Å². The molecule has 2 unspecified atom stereocenters. The van der Waals surface area contributed by atoms with Crippen molar-refractivity contribution in [1.29, 1.82) is 0 Å². The van der Waals surface area contributed by atoms with Crippen molar-refractivity contribution >= 4 is 18.2 Å². The van der Waals surface area contributed by atoms with E-state index >= 15 is 0 Å².